The van der Waals surface area contributed by atoms with Crippen molar-refractivity contribution in [2.45, 2.75) is 71.8 Å². The fraction of sp³-hybridized carbons (Fsp3) is 0.419. The molecule has 0 aliphatic carbocycles. The average molecular weight is 440 g/mol. The Kier molecular flexibility index (Phi) is 5.51. The standard InChI is InChI=1S/C31H37NO/c1-20-12-14-26(15-13-20)28-27-23(4)29(21(2)22(3)30(27)33-31(28,5)6)32-18-16-25(17-19-32)24-10-8-7-9-11-24/h7-15,25,28H,16-19H2,1-6H3. The Labute approximate surface area is 199 Å². The summed E-state index contributed by atoms with van der Waals surface area (Å²) in [7, 11) is 0. The number of rotatable bonds is 3. The van der Waals surface area contributed by atoms with Crippen molar-refractivity contribution in [3.63, 3.8) is 0 Å². The molecule has 0 aromatic heterocycles. The SMILES string of the molecule is Cc1ccc(C2c3c(C)c(N4CCC(c5ccccc5)CC4)c(C)c(C)c3OC2(C)C)cc1. The van der Waals surface area contributed by atoms with Crippen LogP contribution in [0, 0.1) is 27.7 Å². The number of benzene rings is 3. The Morgan fingerprint density at radius 2 is 1.39 bits per heavy atom. The third kappa shape index (κ3) is 3.74. The van der Waals surface area contributed by atoms with Gasteiger partial charge < -0.3 is 9.64 Å². The van der Waals surface area contributed by atoms with Crippen LogP contribution in [-0.4, -0.2) is 18.7 Å². The molecule has 1 saturated heterocycles. The van der Waals surface area contributed by atoms with Crippen LogP contribution in [0.5, 0.6) is 5.75 Å². The van der Waals surface area contributed by atoms with Crippen molar-refractivity contribution in [3.05, 3.63) is 93.5 Å². The molecular weight excluding hydrogens is 402 g/mol. The Morgan fingerprint density at radius 3 is 2.03 bits per heavy atom. The Bertz CT molecular complexity index is 1150. The summed E-state index contributed by atoms with van der Waals surface area (Å²) in [5, 5.41) is 0. The average Bonchev–Trinajstić information content (AvgIpc) is 3.11. The second kappa shape index (κ2) is 8.24. The van der Waals surface area contributed by atoms with Crippen molar-refractivity contribution in [2.75, 3.05) is 18.0 Å². The van der Waals surface area contributed by atoms with E-state index in [0.29, 0.717) is 5.92 Å². The molecule has 2 heterocycles. The minimum absolute atomic E-state index is 0.244. The number of nitrogens with zero attached hydrogens (tertiary/aromatic N) is 1. The molecule has 172 valence electrons. The zero-order valence-electron chi connectivity index (χ0n) is 21.0. The molecule has 0 amide bonds. The zero-order chi connectivity index (χ0) is 23.3. The number of fused-ring (bicyclic) bond motifs is 1. The lowest BCUT2D eigenvalue weighted by molar-refractivity contribution is 0.121. The molecule has 33 heavy (non-hydrogen) atoms. The maximum Gasteiger partial charge on any atom is 0.127 e. The van der Waals surface area contributed by atoms with E-state index in [0.717, 1.165) is 18.8 Å². The largest absolute Gasteiger partial charge is 0.486 e. The van der Waals surface area contributed by atoms with E-state index >= 15 is 0 Å². The Hall–Kier alpha value is -2.74. The highest BCUT2D eigenvalue weighted by Crippen LogP contribution is 2.54. The fourth-order valence-corrected chi connectivity index (χ4v) is 6.24. The van der Waals surface area contributed by atoms with Crippen LogP contribution in [-0.2, 0) is 0 Å². The third-order valence-corrected chi connectivity index (χ3v) is 8.10. The minimum atomic E-state index is -0.265. The van der Waals surface area contributed by atoms with Crippen LogP contribution in [0.3, 0.4) is 0 Å². The van der Waals surface area contributed by atoms with Crippen molar-refractivity contribution < 1.29 is 4.74 Å². The lowest BCUT2D eigenvalue weighted by atomic mass is 9.78. The number of aryl methyl sites for hydroxylation is 1. The molecule has 3 aromatic rings. The number of hydrogen-bond acceptors (Lipinski definition) is 2. The van der Waals surface area contributed by atoms with Gasteiger partial charge in [0.1, 0.15) is 11.4 Å². The van der Waals surface area contributed by atoms with E-state index in [1.807, 2.05) is 0 Å². The molecule has 0 radical (unpaired) electrons. The van der Waals surface area contributed by atoms with Gasteiger partial charge in [0.15, 0.2) is 0 Å². The van der Waals surface area contributed by atoms with E-state index in [2.05, 4.69) is 101 Å². The molecular formula is C31H37NO. The highest BCUT2D eigenvalue weighted by molar-refractivity contribution is 5.72. The molecule has 5 rings (SSSR count). The summed E-state index contributed by atoms with van der Waals surface area (Å²) in [5.74, 6) is 2.03. The van der Waals surface area contributed by atoms with Gasteiger partial charge in [0.05, 0.1) is 5.92 Å². The lowest BCUT2D eigenvalue weighted by Crippen LogP contribution is -2.34. The quantitative estimate of drug-likeness (QED) is 0.416. The highest BCUT2D eigenvalue weighted by atomic mass is 16.5. The first-order valence-corrected chi connectivity index (χ1v) is 12.5. The van der Waals surface area contributed by atoms with Gasteiger partial charge in [0.25, 0.3) is 0 Å². The Balaban J connectivity index is 1.53. The zero-order valence-corrected chi connectivity index (χ0v) is 21.0. The summed E-state index contributed by atoms with van der Waals surface area (Å²) in [4.78, 5) is 2.65. The van der Waals surface area contributed by atoms with Gasteiger partial charge in [-0.3, -0.25) is 0 Å². The molecule has 0 spiro atoms. The predicted octanol–water partition coefficient (Wildman–Crippen LogP) is 7.61. The second-order valence-corrected chi connectivity index (χ2v) is 10.7. The van der Waals surface area contributed by atoms with Gasteiger partial charge in [-0.15, -0.1) is 0 Å². The van der Waals surface area contributed by atoms with Crippen LogP contribution >= 0.6 is 0 Å². The monoisotopic (exact) mass is 439 g/mol. The summed E-state index contributed by atoms with van der Waals surface area (Å²) in [6, 6.07) is 20.1. The smallest absolute Gasteiger partial charge is 0.127 e. The van der Waals surface area contributed by atoms with Crippen molar-refractivity contribution in [2.24, 2.45) is 0 Å². The third-order valence-electron chi connectivity index (χ3n) is 8.10. The molecule has 3 aromatic carbocycles. The van der Waals surface area contributed by atoms with E-state index in [-0.39, 0.29) is 11.5 Å². The van der Waals surface area contributed by atoms with E-state index in [4.69, 9.17) is 4.74 Å². The van der Waals surface area contributed by atoms with Crippen molar-refractivity contribution in [1.82, 2.24) is 0 Å². The van der Waals surface area contributed by atoms with E-state index in [9.17, 15) is 0 Å². The van der Waals surface area contributed by atoms with Gasteiger partial charge in [0, 0.05) is 24.3 Å². The van der Waals surface area contributed by atoms with Crippen molar-refractivity contribution >= 4 is 5.69 Å². The summed E-state index contributed by atoms with van der Waals surface area (Å²) in [6.45, 7) is 15.7. The molecule has 2 aliphatic heterocycles. The van der Waals surface area contributed by atoms with Gasteiger partial charge in [-0.2, -0.15) is 0 Å². The number of piperidine rings is 1. The van der Waals surface area contributed by atoms with Crippen LogP contribution in [0.15, 0.2) is 54.6 Å². The number of anilines is 1. The molecule has 2 aliphatic rings. The van der Waals surface area contributed by atoms with Gasteiger partial charge in [-0.25, -0.2) is 0 Å². The van der Waals surface area contributed by atoms with Crippen LogP contribution in [0.4, 0.5) is 5.69 Å². The summed E-state index contributed by atoms with van der Waals surface area (Å²) >= 11 is 0. The predicted molar refractivity (Wildman–Crippen MR) is 139 cm³/mol. The molecule has 0 saturated carbocycles. The van der Waals surface area contributed by atoms with E-state index < -0.39 is 0 Å². The van der Waals surface area contributed by atoms with Crippen LogP contribution in [0.25, 0.3) is 0 Å². The highest BCUT2D eigenvalue weighted by Gasteiger charge is 2.45. The van der Waals surface area contributed by atoms with Gasteiger partial charge in [-0.1, -0.05) is 60.2 Å². The Morgan fingerprint density at radius 1 is 0.758 bits per heavy atom. The molecule has 1 fully saturated rings. The van der Waals surface area contributed by atoms with Gasteiger partial charge in [0.2, 0.25) is 0 Å². The molecule has 0 bridgehead atoms. The summed E-state index contributed by atoms with van der Waals surface area (Å²) in [6.07, 6.45) is 2.42. The first kappa shape index (κ1) is 22.1. The number of hydrogen-bond donors (Lipinski definition) is 0. The summed E-state index contributed by atoms with van der Waals surface area (Å²) < 4.78 is 6.68. The molecule has 0 N–H and O–H groups in total. The van der Waals surface area contributed by atoms with Crippen LogP contribution in [0.1, 0.15) is 77.5 Å². The molecule has 2 nitrogen and oxygen atoms in total. The topological polar surface area (TPSA) is 12.5 Å². The fourth-order valence-electron chi connectivity index (χ4n) is 6.24. The summed E-state index contributed by atoms with van der Waals surface area (Å²) in [5.41, 5.74) is 10.8. The first-order valence-electron chi connectivity index (χ1n) is 12.5. The van der Waals surface area contributed by atoms with Gasteiger partial charge in [-0.05, 0) is 88.1 Å². The van der Waals surface area contributed by atoms with Crippen LogP contribution < -0.4 is 9.64 Å². The maximum absolute atomic E-state index is 6.68. The van der Waals surface area contributed by atoms with E-state index in [1.165, 1.54) is 57.5 Å². The lowest BCUT2D eigenvalue weighted by Gasteiger charge is -2.37. The van der Waals surface area contributed by atoms with Crippen LogP contribution in [0.2, 0.25) is 0 Å². The normalized spacial score (nSPS) is 19.9. The van der Waals surface area contributed by atoms with Gasteiger partial charge >= 0.3 is 0 Å². The minimum Gasteiger partial charge on any atom is -0.486 e. The second-order valence-electron chi connectivity index (χ2n) is 10.7. The molecule has 1 atom stereocenters. The van der Waals surface area contributed by atoms with Crippen molar-refractivity contribution in [1.29, 1.82) is 0 Å². The molecule has 2 heteroatoms. The van der Waals surface area contributed by atoms with Crippen molar-refractivity contribution in [3.8, 4) is 5.75 Å². The molecule has 1 unspecified atom stereocenters. The maximum atomic E-state index is 6.68. The first-order chi connectivity index (χ1) is 15.8. The van der Waals surface area contributed by atoms with E-state index in [1.54, 1.807) is 0 Å². The number of ether oxygens (including phenoxy) is 1.